The fourth-order valence-electron chi connectivity index (χ4n) is 1.77. The highest BCUT2D eigenvalue weighted by Gasteiger charge is 2.21. The molecule has 1 rings (SSSR count). The lowest BCUT2D eigenvalue weighted by Gasteiger charge is -2.16. The average Bonchev–Trinajstić information content (AvgIpc) is 2.57. The van der Waals surface area contributed by atoms with Crippen molar-refractivity contribution in [3.8, 4) is 0 Å². The zero-order valence-corrected chi connectivity index (χ0v) is 14.1. The summed E-state index contributed by atoms with van der Waals surface area (Å²) in [5, 5.41) is 11.0. The Kier molecular flexibility index (Phi) is 7.90. The number of benzene rings is 1. The van der Waals surface area contributed by atoms with Gasteiger partial charge in [0.1, 0.15) is 12.7 Å². The summed E-state index contributed by atoms with van der Waals surface area (Å²) in [6.45, 7) is 2.20. The molecule has 0 spiro atoms. The first kappa shape index (κ1) is 21.3. The molecule has 1 aromatic carbocycles. The molecule has 0 aromatic heterocycles. The Labute approximate surface area is 148 Å². The third-order valence-corrected chi connectivity index (χ3v) is 3.39. The van der Waals surface area contributed by atoms with Gasteiger partial charge < -0.3 is 19.4 Å². The summed E-state index contributed by atoms with van der Waals surface area (Å²) in [6, 6.07) is 5.08. The van der Waals surface area contributed by atoms with Gasteiger partial charge in [0.15, 0.2) is 0 Å². The molecule has 1 unspecified atom stereocenters. The maximum atomic E-state index is 12.0. The van der Waals surface area contributed by atoms with E-state index in [9.17, 15) is 27.9 Å². The van der Waals surface area contributed by atoms with Crippen molar-refractivity contribution in [1.82, 2.24) is 0 Å². The van der Waals surface area contributed by atoms with Gasteiger partial charge in [-0.3, -0.25) is 4.55 Å². The molecule has 10 nitrogen and oxygen atoms in total. The number of carbonyl (C=O) groups is 3. The summed E-state index contributed by atoms with van der Waals surface area (Å²) in [5.41, 5.74) is -0.721. The Balaban J connectivity index is 2.75. The molecule has 0 fully saturated rings. The molecular formula is C15H15O10S-. The van der Waals surface area contributed by atoms with E-state index in [0.29, 0.717) is 0 Å². The van der Waals surface area contributed by atoms with Crippen LogP contribution in [0.15, 0.2) is 36.9 Å². The number of carbonyl (C=O) groups excluding carboxylic acids is 3. The Morgan fingerprint density at radius 3 is 2.35 bits per heavy atom. The van der Waals surface area contributed by atoms with Crippen molar-refractivity contribution in [3.63, 3.8) is 0 Å². The summed E-state index contributed by atoms with van der Waals surface area (Å²) < 4.78 is 44.2. The van der Waals surface area contributed by atoms with Gasteiger partial charge in [-0.2, -0.15) is 8.42 Å². The van der Waals surface area contributed by atoms with Crippen molar-refractivity contribution in [3.05, 3.63) is 48.0 Å². The van der Waals surface area contributed by atoms with Crippen molar-refractivity contribution in [2.75, 3.05) is 13.2 Å². The van der Waals surface area contributed by atoms with E-state index < -0.39 is 46.6 Å². The van der Waals surface area contributed by atoms with Gasteiger partial charge in [0.25, 0.3) is 0 Å². The Bertz CT molecular complexity index is 783. The molecule has 0 aliphatic rings. The van der Waals surface area contributed by atoms with Crippen LogP contribution in [-0.2, 0) is 28.9 Å². The van der Waals surface area contributed by atoms with Gasteiger partial charge in [0.2, 0.25) is 0 Å². The second kappa shape index (κ2) is 9.65. The normalized spacial score (nSPS) is 12.0. The molecule has 1 aromatic rings. The summed E-state index contributed by atoms with van der Waals surface area (Å²) >= 11 is 0. The zero-order chi connectivity index (χ0) is 19.7. The first-order valence-corrected chi connectivity index (χ1v) is 8.43. The number of rotatable bonds is 10. The minimum absolute atomic E-state index is 0.241. The van der Waals surface area contributed by atoms with E-state index in [4.69, 9.17) is 9.29 Å². The lowest BCUT2D eigenvalue weighted by atomic mass is 10.1. The minimum Gasteiger partial charge on any atom is -0.545 e. The highest BCUT2D eigenvalue weighted by atomic mass is 32.3. The van der Waals surface area contributed by atoms with Gasteiger partial charge >= 0.3 is 22.3 Å². The molecule has 1 N–H and O–H groups in total. The van der Waals surface area contributed by atoms with Crippen LogP contribution in [0.3, 0.4) is 0 Å². The van der Waals surface area contributed by atoms with Crippen LogP contribution in [0, 0.1) is 0 Å². The highest BCUT2D eigenvalue weighted by molar-refractivity contribution is 7.80. The lowest BCUT2D eigenvalue weighted by Crippen LogP contribution is -2.28. The lowest BCUT2D eigenvalue weighted by molar-refractivity contribution is -0.255. The first-order chi connectivity index (χ1) is 12.1. The number of esters is 2. The van der Waals surface area contributed by atoms with Crippen molar-refractivity contribution >= 4 is 28.3 Å². The van der Waals surface area contributed by atoms with Crippen LogP contribution in [0.5, 0.6) is 0 Å². The maximum absolute atomic E-state index is 12.0. The first-order valence-electron chi connectivity index (χ1n) is 7.06. The van der Waals surface area contributed by atoms with E-state index in [1.807, 2.05) is 0 Å². The van der Waals surface area contributed by atoms with Crippen LogP contribution in [0.4, 0.5) is 0 Å². The highest BCUT2D eigenvalue weighted by Crippen LogP contribution is 2.11. The summed E-state index contributed by atoms with van der Waals surface area (Å²) in [5.74, 6) is -3.44. The third kappa shape index (κ3) is 7.42. The summed E-state index contributed by atoms with van der Waals surface area (Å²) in [4.78, 5) is 33.9. The maximum Gasteiger partial charge on any atom is 0.397 e. The number of hydrogen-bond acceptors (Lipinski definition) is 9. The van der Waals surface area contributed by atoms with Crippen molar-refractivity contribution in [1.29, 1.82) is 0 Å². The zero-order valence-electron chi connectivity index (χ0n) is 13.3. The van der Waals surface area contributed by atoms with Gasteiger partial charge in [0.05, 0.1) is 18.1 Å². The van der Waals surface area contributed by atoms with Crippen molar-refractivity contribution < 1.29 is 46.1 Å². The van der Waals surface area contributed by atoms with E-state index in [1.165, 1.54) is 18.2 Å². The molecule has 1 atom stereocenters. The van der Waals surface area contributed by atoms with Gasteiger partial charge in [-0.25, -0.2) is 13.8 Å². The van der Waals surface area contributed by atoms with Gasteiger partial charge in [0, 0.05) is 18.1 Å². The van der Waals surface area contributed by atoms with Crippen LogP contribution in [0.1, 0.15) is 27.1 Å². The van der Waals surface area contributed by atoms with Gasteiger partial charge in [-0.1, -0.05) is 24.8 Å². The second-order valence-electron chi connectivity index (χ2n) is 4.74. The van der Waals surface area contributed by atoms with E-state index in [1.54, 1.807) is 0 Å². The molecule has 0 bridgehead atoms. The van der Waals surface area contributed by atoms with Crippen LogP contribution in [0.2, 0.25) is 0 Å². The largest absolute Gasteiger partial charge is 0.545 e. The van der Waals surface area contributed by atoms with Crippen LogP contribution in [-0.4, -0.2) is 50.2 Å². The van der Waals surface area contributed by atoms with E-state index in [-0.39, 0.29) is 18.6 Å². The van der Waals surface area contributed by atoms with E-state index >= 15 is 0 Å². The van der Waals surface area contributed by atoms with Crippen LogP contribution in [0.25, 0.3) is 0 Å². The topological polar surface area (TPSA) is 156 Å². The van der Waals surface area contributed by atoms with Crippen molar-refractivity contribution in [2.45, 2.75) is 12.5 Å². The van der Waals surface area contributed by atoms with Gasteiger partial charge in [-0.05, 0) is 6.07 Å². The standard InChI is InChI=1S/C15H16O10S/c1-2-13(16)23-8-7-10(25-26(20,21)22)9-24-15(19)12-6-4-3-5-11(12)14(17)18/h2-6,10H,1,7-9H2,(H,17,18)(H,20,21,22)/p-1. The molecule has 0 radical (unpaired) electrons. The predicted octanol–water partition coefficient (Wildman–Crippen LogP) is -0.486. The average molecular weight is 387 g/mol. The molecular weight excluding hydrogens is 372 g/mol. The Morgan fingerprint density at radius 1 is 1.19 bits per heavy atom. The number of hydrogen-bond donors (Lipinski definition) is 1. The van der Waals surface area contributed by atoms with E-state index in [2.05, 4.69) is 15.5 Å². The molecule has 26 heavy (non-hydrogen) atoms. The second-order valence-corrected chi connectivity index (χ2v) is 5.79. The summed E-state index contributed by atoms with van der Waals surface area (Å²) in [7, 11) is -4.87. The monoisotopic (exact) mass is 387 g/mol. The minimum atomic E-state index is -4.87. The molecule has 0 aliphatic carbocycles. The fraction of sp³-hybridized carbons (Fsp3) is 0.267. The molecule has 0 saturated heterocycles. The number of carboxylic acids is 1. The predicted molar refractivity (Wildman–Crippen MR) is 83.2 cm³/mol. The summed E-state index contributed by atoms with van der Waals surface area (Å²) in [6.07, 6.45) is -0.730. The third-order valence-electron chi connectivity index (χ3n) is 2.88. The SMILES string of the molecule is C=CC(=O)OCCC(COC(=O)c1ccccc1C(=O)[O-])OS(=O)(=O)O. The number of ether oxygens (including phenoxy) is 2. The number of carboxylic acid groups (broad SMARTS) is 1. The fourth-order valence-corrected chi connectivity index (χ4v) is 2.26. The molecule has 0 heterocycles. The smallest absolute Gasteiger partial charge is 0.397 e. The van der Waals surface area contributed by atoms with Gasteiger partial charge in [-0.15, -0.1) is 0 Å². The van der Waals surface area contributed by atoms with Crippen LogP contribution < -0.4 is 5.11 Å². The van der Waals surface area contributed by atoms with Crippen LogP contribution >= 0.6 is 0 Å². The number of aromatic carboxylic acids is 1. The molecule has 0 saturated carbocycles. The molecule has 0 aliphatic heterocycles. The Hall–Kier alpha value is -2.76. The Morgan fingerprint density at radius 2 is 1.81 bits per heavy atom. The quantitative estimate of drug-likeness (QED) is 0.316. The van der Waals surface area contributed by atoms with Crippen molar-refractivity contribution in [2.24, 2.45) is 0 Å². The molecule has 142 valence electrons. The molecule has 11 heteroatoms. The van der Waals surface area contributed by atoms with E-state index in [0.717, 1.165) is 12.1 Å². The molecule has 0 amide bonds.